The van der Waals surface area contributed by atoms with E-state index in [2.05, 4.69) is 16.7 Å². The molecule has 10 nitrogen and oxygen atoms in total. The van der Waals surface area contributed by atoms with Gasteiger partial charge in [-0.25, -0.2) is 5.06 Å². The number of piperidine rings is 1. The van der Waals surface area contributed by atoms with Gasteiger partial charge in [0.1, 0.15) is 36.7 Å². The summed E-state index contributed by atoms with van der Waals surface area (Å²) in [6.07, 6.45) is 10.9. The first-order chi connectivity index (χ1) is 26.3. The van der Waals surface area contributed by atoms with Gasteiger partial charge >= 0.3 is 0 Å². The summed E-state index contributed by atoms with van der Waals surface area (Å²) in [5.74, 6) is 1.81. The molecule has 3 aromatic rings. The standard InChI is InChI=1S/C42H50Cl2N4O6/c1-30-32(9-6-10-35(30)36-11-7-12-38(41(36)44)52-18-8-16-47-17-13-42(27-47,28-49)29-50)26-54-40-21-39(53-25-31(22-45)19-34-24-48(34)51-2)33(20-37(40)43)23-46-14-4-3-5-15-46/h6-7,9-12,19-22,24,28,45,50H,3-5,8,13-18,23,25-27,29H2,1-2H3/b31-19+,45-22?. The first-order valence-electron chi connectivity index (χ1n) is 18.6. The molecule has 0 radical (unpaired) electrons. The predicted octanol–water partition coefficient (Wildman–Crippen LogP) is 7.86. The molecule has 12 heteroatoms. The quantitative estimate of drug-likeness (QED) is 0.0715. The minimum absolute atomic E-state index is 0.117. The molecule has 288 valence electrons. The van der Waals surface area contributed by atoms with Crippen LogP contribution in [0, 0.1) is 17.7 Å². The lowest BCUT2D eigenvalue weighted by Crippen LogP contribution is -2.32. The van der Waals surface area contributed by atoms with E-state index in [0.717, 1.165) is 78.9 Å². The highest BCUT2D eigenvalue weighted by molar-refractivity contribution is 6.35. The highest BCUT2D eigenvalue weighted by Gasteiger charge is 2.37. The summed E-state index contributed by atoms with van der Waals surface area (Å²) >= 11 is 13.8. The Morgan fingerprint density at radius 3 is 2.46 bits per heavy atom. The molecular weight excluding hydrogens is 727 g/mol. The second-order valence-corrected chi connectivity index (χ2v) is 15.1. The van der Waals surface area contributed by atoms with Crippen LogP contribution in [0.15, 0.2) is 72.1 Å². The Balaban J connectivity index is 1.13. The van der Waals surface area contributed by atoms with Crippen LogP contribution in [-0.4, -0.2) is 92.1 Å². The van der Waals surface area contributed by atoms with Gasteiger partial charge in [0.15, 0.2) is 0 Å². The van der Waals surface area contributed by atoms with Crippen molar-refractivity contribution in [3.05, 3.63) is 98.8 Å². The Morgan fingerprint density at radius 2 is 1.74 bits per heavy atom. The van der Waals surface area contributed by atoms with E-state index in [9.17, 15) is 9.90 Å². The third-order valence-electron chi connectivity index (χ3n) is 10.5. The summed E-state index contributed by atoms with van der Waals surface area (Å²) in [6, 6.07) is 15.7. The van der Waals surface area contributed by atoms with Crippen molar-refractivity contribution in [1.82, 2.24) is 14.9 Å². The summed E-state index contributed by atoms with van der Waals surface area (Å²) in [7, 11) is 1.60. The van der Waals surface area contributed by atoms with Crippen molar-refractivity contribution in [1.29, 1.82) is 5.41 Å². The number of aliphatic hydroxyl groups excluding tert-OH is 1. The predicted molar refractivity (Wildman–Crippen MR) is 213 cm³/mol. The van der Waals surface area contributed by atoms with Gasteiger partial charge in [0.2, 0.25) is 0 Å². The largest absolute Gasteiger partial charge is 0.492 e. The Bertz CT molecular complexity index is 1860. The number of halogens is 2. The zero-order chi connectivity index (χ0) is 38.1. The van der Waals surface area contributed by atoms with Crippen LogP contribution in [0.3, 0.4) is 0 Å². The smallest absolute Gasteiger partial charge is 0.142 e. The zero-order valence-electron chi connectivity index (χ0n) is 31.1. The van der Waals surface area contributed by atoms with Crippen LogP contribution in [0.1, 0.15) is 48.8 Å². The summed E-state index contributed by atoms with van der Waals surface area (Å²) in [5.41, 5.74) is 5.80. The van der Waals surface area contributed by atoms with Gasteiger partial charge in [-0.2, -0.15) is 0 Å². The van der Waals surface area contributed by atoms with Gasteiger partial charge in [-0.1, -0.05) is 60.0 Å². The van der Waals surface area contributed by atoms with E-state index < -0.39 is 5.41 Å². The Morgan fingerprint density at radius 1 is 0.944 bits per heavy atom. The second-order valence-electron chi connectivity index (χ2n) is 14.3. The first-order valence-corrected chi connectivity index (χ1v) is 19.4. The molecule has 6 rings (SSSR count). The van der Waals surface area contributed by atoms with E-state index in [1.54, 1.807) is 12.2 Å². The molecule has 3 aliphatic rings. The number of ether oxygens (including phenoxy) is 3. The number of likely N-dealkylation sites (tertiary alicyclic amines) is 2. The molecule has 0 aromatic heterocycles. The summed E-state index contributed by atoms with van der Waals surface area (Å²) in [4.78, 5) is 21.3. The minimum Gasteiger partial charge on any atom is -0.492 e. The Labute approximate surface area is 328 Å². The van der Waals surface area contributed by atoms with E-state index in [1.807, 2.05) is 60.8 Å². The maximum atomic E-state index is 11.5. The first kappa shape index (κ1) is 39.8. The van der Waals surface area contributed by atoms with Gasteiger partial charge in [0.05, 0.1) is 47.7 Å². The molecule has 1 atom stereocenters. The molecule has 3 heterocycles. The number of allylic oxidation sites excluding steroid dienone is 1. The fourth-order valence-electron chi connectivity index (χ4n) is 7.15. The molecule has 0 bridgehead atoms. The van der Waals surface area contributed by atoms with Crippen LogP contribution in [-0.2, 0) is 22.8 Å². The molecular formula is C42H50Cl2N4O6. The number of benzene rings is 3. The number of hydroxylamine groups is 2. The van der Waals surface area contributed by atoms with Gasteiger partial charge in [-0.05, 0) is 87.1 Å². The van der Waals surface area contributed by atoms with Crippen molar-refractivity contribution in [2.45, 2.75) is 52.2 Å². The molecule has 1 unspecified atom stereocenters. The van der Waals surface area contributed by atoms with Crippen molar-refractivity contribution in [3.63, 3.8) is 0 Å². The highest BCUT2D eigenvalue weighted by atomic mass is 35.5. The zero-order valence-corrected chi connectivity index (χ0v) is 32.6. The van der Waals surface area contributed by atoms with Crippen LogP contribution < -0.4 is 14.2 Å². The molecule has 0 amide bonds. The van der Waals surface area contributed by atoms with E-state index in [1.165, 1.54) is 25.5 Å². The molecule has 3 aromatic carbocycles. The Kier molecular flexibility index (Phi) is 13.7. The maximum Gasteiger partial charge on any atom is 0.142 e. The Hall–Kier alpha value is -3.90. The van der Waals surface area contributed by atoms with E-state index in [4.69, 9.17) is 47.7 Å². The van der Waals surface area contributed by atoms with E-state index >= 15 is 0 Å². The number of carbonyl (C=O) groups is 1. The number of aldehydes is 1. The lowest BCUT2D eigenvalue weighted by Gasteiger charge is -2.27. The summed E-state index contributed by atoms with van der Waals surface area (Å²) < 4.78 is 18.9. The number of nitrogens with one attached hydrogen (secondary N) is 1. The van der Waals surface area contributed by atoms with Gasteiger partial charge in [0, 0.05) is 48.6 Å². The molecule has 2 saturated heterocycles. The van der Waals surface area contributed by atoms with Crippen LogP contribution >= 0.6 is 23.2 Å². The molecule has 0 saturated carbocycles. The van der Waals surface area contributed by atoms with Crippen LogP contribution in [0.5, 0.6) is 17.2 Å². The fourth-order valence-corrected chi connectivity index (χ4v) is 7.68. The number of carbonyl (C=O) groups excluding carboxylic acids is 1. The SMILES string of the molecule is CON1C=C1/C=C(\C=N)COc1cc(OCc2cccc(-c3cccc(OCCCN4CCC(C=O)(CO)C4)c3Cl)c2C)c(Cl)cc1CN1CCCCC1. The molecule has 54 heavy (non-hydrogen) atoms. The van der Waals surface area contributed by atoms with Crippen molar-refractivity contribution in [2.75, 3.05) is 59.7 Å². The van der Waals surface area contributed by atoms with Crippen molar-refractivity contribution >= 4 is 35.7 Å². The molecule has 2 fully saturated rings. The van der Waals surface area contributed by atoms with Gasteiger partial charge in [-0.15, -0.1) is 0 Å². The lowest BCUT2D eigenvalue weighted by atomic mass is 9.90. The van der Waals surface area contributed by atoms with Crippen molar-refractivity contribution in [2.24, 2.45) is 5.41 Å². The van der Waals surface area contributed by atoms with Crippen LogP contribution in [0.25, 0.3) is 11.1 Å². The van der Waals surface area contributed by atoms with E-state index in [0.29, 0.717) is 52.4 Å². The highest BCUT2D eigenvalue weighted by Crippen LogP contribution is 2.39. The molecule has 0 aliphatic carbocycles. The van der Waals surface area contributed by atoms with Gasteiger partial charge in [-0.3, -0.25) is 9.74 Å². The fraction of sp³-hybridized carbons (Fsp3) is 0.429. The van der Waals surface area contributed by atoms with Gasteiger partial charge in [0.25, 0.3) is 0 Å². The van der Waals surface area contributed by atoms with Gasteiger partial charge < -0.3 is 34.4 Å². The lowest BCUT2D eigenvalue weighted by molar-refractivity contribution is -0.117. The molecule has 0 spiro atoms. The third kappa shape index (κ3) is 9.85. The monoisotopic (exact) mass is 776 g/mol. The van der Waals surface area contributed by atoms with Crippen LogP contribution in [0.4, 0.5) is 0 Å². The second kappa shape index (κ2) is 18.6. The number of rotatable bonds is 19. The third-order valence-corrected chi connectivity index (χ3v) is 11.2. The molecule has 2 N–H and O–H groups in total. The number of aliphatic hydroxyl groups is 1. The van der Waals surface area contributed by atoms with Crippen molar-refractivity contribution < 1.29 is 28.9 Å². The maximum absolute atomic E-state index is 11.5. The minimum atomic E-state index is -0.637. The van der Waals surface area contributed by atoms with E-state index in [-0.39, 0.29) is 19.8 Å². The average molecular weight is 778 g/mol. The average Bonchev–Trinajstić information content (AvgIpc) is 3.82. The summed E-state index contributed by atoms with van der Waals surface area (Å²) in [6.45, 7) is 7.84. The topological polar surface area (TPSA) is 108 Å². The summed E-state index contributed by atoms with van der Waals surface area (Å²) in [5, 5.41) is 20.3. The normalized spacial score (nSPS) is 19.1. The number of hydrogen-bond acceptors (Lipinski definition) is 10. The van der Waals surface area contributed by atoms with Crippen LogP contribution in [0.2, 0.25) is 10.0 Å². The number of nitrogens with zero attached hydrogens (tertiary/aromatic N) is 3. The molecule has 3 aliphatic heterocycles. The number of hydrogen-bond donors (Lipinski definition) is 2. The van der Waals surface area contributed by atoms with Crippen molar-refractivity contribution in [3.8, 4) is 28.4 Å².